The highest BCUT2D eigenvalue weighted by atomic mass is 79.9. The van der Waals surface area contributed by atoms with Crippen molar-refractivity contribution in [3.63, 3.8) is 0 Å². The van der Waals surface area contributed by atoms with Gasteiger partial charge in [-0.2, -0.15) is 0 Å². The summed E-state index contributed by atoms with van der Waals surface area (Å²) < 4.78 is 14.6. The molecule has 1 heterocycles. The third kappa shape index (κ3) is 4.78. The first-order valence-corrected chi connectivity index (χ1v) is 8.65. The third-order valence-electron chi connectivity index (χ3n) is 4.53. The summed E-state index contributed by atoms with van der Waals surface area (Å²) in [7, 11) is 1.75. The van der Waals surface area contributed by atoms with Crippen molar-refractivity contribution in [1.82, 2.24) is 10.2 Å². The lowest BCUT2D eigenvalue weighted by Gasteiger charge is -2.29. The lowest BCUT2D eigenvalue weighted by atomic mass is 9.84. The molecule has 0 bridgehead atoms. The van der Waals surface area contributed by atoms with Crippen molar-refractivity contribution in [2.75, 3.05) is 20.1 Å². The Kier molecular flexibility index (Phi) is 6.38. The quantitative estimate of drug-likeness (QED) is 0.858. The van der Waals surface area contributed by atoms with Crippen LogP contribution in [0.5, 0.6) is 0 Å². The van der Waals surface area contributed by atoms with E-state index in [1.54, 1.807) is 24.1 Å². The predicted molar refractivity (Wildman–Crippen MR) is 89.9 cm³/mol. The Morgan fingerprint density at radius 3 is 2.82 bits per heavy atom. The van der Waals surface area contributed by atoms with Gasteiger partial charge in [-0.1, -0.05) is 22.9 Å². The molecule has 1 unspecified atom stereocenters. The average Bonchev–Trinajstić information content (AvgIpc) is 2.51. The van der Waals surface area contributed by atoms with E-state index >= 15 is 0 Å². The molecule has 1 saturated heterocycles. The fourth-order valence-corrected chi connectivity index (χ4v) is 3.43. The van der Waals surface area contributed by atoms with Gasteiger partial charge in [0.15, 0.2) is 0 Å². The van der Waals surface area contributed by atoms with Crippen LogP contribution < -0.4 is 5.32 Å². The molecule has 22 heavy (non-hydrogen) atoms. The van der Waals surface area contributed by atoms with E-state index in [1.165, 1.54) is 6.07 Å². The zero-order valence-electron chi connectivity index (χ0n) is 13.2. The Balaban J connectivity index is 1.89. The molecule has 0 saturated carbocycles. The molecule has 5 heteroatoms. The predicted octanol–water partition coefficient (Wildman–Crippen LogP) is 3.57. The maximum Gasteiger partial charge on any atom is 0.222 e. The van der Waals surface area contributed by atoms with Crippen LogP contribution in [0.2, 0.25) is 0 Å². The van der Waals surface area contributed by atoms with E-state index in [2.05, 4.69) is 28.2 Å². The first kappa shape index (κ1) is 17.4. The van der Waals surface area contributed by atoms with Crippen molar-refractivity contribution >= 4 is 21.8 Å². The molecule has 1 aliphatic heterocycles. The van der Waals surface area contributed by atoms with E-state index in [9.17, 15) is 9.18 Å². The molecule has 1 aromatic carbocycles. The van der Waals surface area contributed by atoms with E-state index in [4.69, 9.17) is 0 Å². The Morgan fingerprint density at radius 2 is 2.14 bits per heavy atom. The van der Waals surface area contributed by atoms with Crippen LogP contribution >= 0.6 is 15.9 Å². The lowest BCUT2D eigenvalue weighted by molar-refractivity contribution is -0.131. The smallest absolute Gasteiger partial charge is 0.222 e. The number of nitrogens with one attached hydrogen (secondary N) is 1. The minimum Gasteiger partial charge on any atom is -0.341 e. The molecule has 0 spiro atoms. The van der Waals surface area contributed by atoms with Crippen LogP contribution in [-0.4, -0.2) is 30.9 Å². The maximum atomic E-state index is 13.8. The number of halogens is 2. The minimum atomic E-state index is -0.269. The number of carbonyl (C=O) groups is 1. The van der Waals surface area contributed by atoms with Crippen LogP contribution in [0, 0.1) is 17.7 Å². The molecule has 3 nitrogen and oxygen atoms in total. The lowest BCUT2D eigenvalue weighted by Crippen LogP contribution is -2.34. The van der Waals surface area contributed by atoms with Gasteiger partial charge in [0.25, 0.3) is 0 Å². The van der Waals surface area contributed by atoms with Gasteiger partial charge in [0.1, 0.15) is 5.82 Å². The number of hydrogen-bond acceptors (Lipinski definition) is 2. The van der Waals surface area contributed by atoms with Crippen LogP contribution in [-0.2, 0) is 11.3 Å². The highest BCUT2D eigenvalue weighted by molar-refractivity contribution is 9.10. The minimum absolute atomic E-state index is 0.0883. The summed E-state index contributed by atoms with van der Waals surface area (Å²) in [6, 6.07) is 4.82. The van der Waals surface area contributed by atoms with Crippen molar-refractivity contribution < 1.29 is 9.18 Å². The van der Waals surface area contributed by atoms with E-state index in [-0.39, 0.29) is 11.7 Å². The third-order valence-corrected chi connectivity index (χ3v) is 5.02. The molecule has 1 aliphatic rings. The first-order chi connectivity index (χ1) is 10.5. The molecule has 1 fully saturated rings. The second-order valence-electron chi connectivity index (χ2n) is 6.25. The molecule has 0 radical (unpaired) electrons. The van der Waals surface area contributed by atoms with Crippen molar-refractivity contribution in [3.8, 4) is 0 Å². The largest absolute Gasteiger partial charge is 0.341 e. The van der Waals surface area contributed by atoms with Crippen LogP contribution in [0.1, 0.15) is 31.7 Å². The summed E-state index contributed by atoms with van der Waals surface area (Å²) in [6.45, 7) is 4.55. The summed E-state index contributed by atoms with van der Waals surface area (Å²) >= 11 is 3.34. The second kappa shape index (κ2) is 8.06. The zero-order chi connectivity index (χ0) is 16.1. The van der Waals surface area contributed by atoms with Gasteiger partial charge in [0, 0.05) is 30.0 Å². The normalized spacial score (nSPS) is 17.3. The van der Waals surface area contributed by atoms with E-state index in [0.29, 0.717) is 30.4 Å². The number of amides is 1. The highest BCUT2D eigenvalue weighted by Gasteiger charge is 2.23. The van der Waals surface area contributed by atoms with Crippen molar-refractivity contribution in [2.45, 2.75) is 32.7 Å². The van der Waals surface area contributed by atoms with E-state index in [1.807, 2.05) is 0 Å². The molecular weight excluding hydrogens is 347 g/mol. The number of benzene rings is 1. The summed E-state index contributed by atoms with van der Waals surface area (Å²) in [5.41, 5.74) is 0.541. The molecule has 0 aromatic heterocycles. The van der Waals surface area contributed by atoms with Crippen LogP contribution in [0.25, 0.3) is 0 Å². The summed E-state index contributed by atoms with van der Waals surface area (Å²) in [5.74, 6) is 0.810. The summed E-state index contributed by atoms with van der Waals surface area (Å²) in [4.78, 5) is 14.0. The van der Waals surface area contributed by atoms with Crippen LogP contribution in [0.15, 0.2) is 22.7 Å². The Morgan fingerprint density at radius 1 is 1.45 bits per heavy atom. The molecule has 0 aliphatic carbocycles. The standard InChI is InChI=1S/C17H24BrFN2O/c1-12(13-5-7-20-8-6-13)9-17(22)21(2)11-14-10-15(18)3-4-16(14)19/h3-4,10,12-13,20H,5-9,11H2,1-2H3. The Bertz CT molecular complexity index is 517. The molecular formula is C17H24BrFN2O. The first-order valence-electron chi connectivity index (χ1n) is 7.86. The number of piperidine rings is 1. The topological polar surface area (TPSA) is 32.3 Å². The van der Waals surface area contributed by atoms with Gasteiger partial charge in [-0.05, 0) is 56.0 Å². The van der Waals surface area contributed by atoms with Crippen LogP contribution in [0.3, 0.4) is 0 Å². The number of rotatable bonds is 5. The van der Waals surface area contributed by atoms with Gasteiger partial charge in [-0.3, -0.25) is 4.79 Å². The fourth-order valence-electron chi connectivity index (χ4n) is 3.02. The maximum absolute atomic E-state index is 13.8. The molecule has 1 amide bonds. The summed E-state index contributed by atoms with van der Waals surface area (Å²) in [6.07, 6.45) is 2.81. The van der Waals surface area contributed by atoms with Gasteiger partial charge in [0.2, 0.25) is 5.91 Å². The zero-order valence-corrected chi connectivity index (χ0v) is 14.8. The van der Waals surface area contributed by atoms with Crippen molar-refractivity contribution in [1.29, 1.82) is 0 Å². The molecule has 122 valence electrons. The van der Waals surface area contributed by atoms with Gasteiger partial charge >= 0.3 is 0 Å². The molecule has 1 N–H and O–H groups in total. The van der Waals surface area contributed by atoms with E-state index < -0.39 is 0 Å². The number of nitrogens with zero attached hydrogens (tertiary/aromatic N) is 1. The second-order valence-corrected chi connectivity index (χ2v) is 7.17. The number of hydrogen-bond donors (Lipinski definition) is 1. The van der Waals surface area contributed by atoms with Gasteiger partial charge in [-0.15, -0.1) is 0 Å². The van der Waals surface area contributed by atoms with Crippen LogP contribution in [0.4, 0.5) is 4.39 Å². The SMILES string of the molecule is CC(CC(=O)N(C)Cc1cc(Br)ccc1F)C1CCNCC1. The van der Waals surface area contributed by atoms with E-state index in [0.717, 1.165) is 30.4 Å². The fraction of sp³-hybridized carbons (Fsp3) is 0.588. The highest BCUT2D eigenvalue weighted by Crippen LogP contribution is 2.25. The van der Waals surface area contributed by atoms with Crippen molar-refractivity contribution in [2.24, 2.45) is 11.8 Å². The Hall–Kier alpha value is -0.940. The molecule has 1 aromatic rings. The van der Waals surface area contributed by atoms with Gasteiger partial charge < -0.3 is 10.2 Å². The molecule has 1 atom stereocenters. The Labute approximate surface area is 140 Å². The van der Waals surface area contributed by atoms with Gasteiger partial charge in [-0.25, -0.2) is 4.39 Å². The monoisotopic (exact) mass is 370 g/mol. The molecule has 2 rings (SSSR count). The number of carbonyl (C=O) groups excluding carboxylic acids is 1. The van der Waals surface area contributed by atoms with Gasteiger partial charge in [0.05, 0.1) is 0 Å². The van der Waals surface area contributed by atoms with Crippen molar-refractivity contribution in [3.05, 3.63) is 34.1 Å². The summed E-state index contributed by atoms with van der Waals surface area (Å²) in [5, 5.41) is 3.35. The average molecular weight is 371 g/mol.